The number of nitrogens with zero attached hydrogens (tertiary/aromatic N) is 4. The standard InChI is InChI=1S/C13H18FN5O/c1-4-10(7-20-3)19-13(16-17-18-19)9-5-11(14)8(2)12(15)6-9/h5-6,10H,4,7,15H2,1-3H3. The maximum Gasteiger partial charge on any atom is 0.182 e. The average molecular weight is 279 g/mol. The van der Waals surface area contributed by atoms with Crippen LogP contribution in [0, 0.1) is 12.7 Å². The highest BCUT2D eigenvalue weighted by Crippen LogP contribution is 2.26. The lowest BCUT2D eigenvalue weighted by Crippen LogP contribution is -2.16. The Morgan fingerprint density at radius 2 is 2.20 bits per heavy atom. The van der Waals surface area contributed by atoms with Crippen LogP contribution in [-0.4, -0.2) is 33.9 Å². The van der Waals surface area contributed by atoms with E-state index in [0.717, 1.165) is 6.42 Å². The van der Waals surface area contributed by atoms with E-state index in [2.05, 4.69) is 15.5 Å². The molecule has 0 bridgehead atoms. The molecule has 108 valence electrons. The number of hydrogen-bond donors (Lipinski definition) is 1. The third kappa shape index (κ3) is 2.62. The Morgan fingerprint density at radius 1 is 1.45 bits per heavy atom. The zero-order chi connectivity index (χ0) is 14.7. The summed E-state index contributed by atoms with van der Waals surface area (Å²) in [6.45, 7) is 4.13. The van der Waals surface area contributed by atoms with Crippen LogP contribution in [0.25, 0.3) is 11.4 Å². The summed E-state index contributed by atoms with van der Waals surface area (Å²) in [7, 11) is 1.62. The SMILES string of the molecule is CCC(COC)n1nnnc1-c1cc(N)c(C)c(F)c1. The van der Waals surface area contributed by atoms with Crippen molar-refractivity contribution in [2.45, 2.75) is 26.3 Å². The Kier molecular flexibility index (Phi) is 4.29. The van der Waals surface area contributed by atoms with Crippen LogP contribution >= 0.6 is 0 Å². The molecule has 0 saturated carbocycles. The monoisotopic (exact) mass is 279 g/mol. The maximum atomic E-state index is 13.8. The number of nitrogen functional groups attached to an aromatic ring is 1. The van der Waals surface area contributed by atoms with E-state index in [4.69, 9.17) is 10.5 Å². The van der Waals surface area contributed by atoms with Crippen LogP contribution in [0.2, 0.25) is 0 Å². The summed E-state index contributed by atoms with van der Waals surface area (Å²) in [6.07, 6.45) is 0.801. The fraction of sp³-hybridized carbons (Fsp3) is 0.462. The Bertz CT molecular complexity index is 575. The summed E-state index contributed by atoms with van der Waals surface area (Å²) in [5.74, 6) is 0.119. The predicted octanol–water partition coefficient (Wildman–Crippen LogP) is 1.97. The molecule has 0 aliphatic heterocycles. The molecule has 7 heteroatoms. The number of halogens is 1. The molecule has 1 heterocycles. The molecule has 2 N–H and O–H groups in total. The van der Waals surface area contributed by atoms with Gasteiger partial charge in [-0.1, -0.05) is 6.92 Å². The number of ether oxygens (including phenoxy) is 1. The van der Waals surface area contributed by atoms with E-state index in [9.17, 15) is 4.39 Å². The van der Waals surface area contributed by atoms with E-state index >= 15 is 0 Å². The van der Waals surface area contributed by atoms with E-state index in [-0.39, 0.29) is 11.9 Å². The van der Waals surface area contributed by atoms with Gasteiger partial charge in [-0.3, -0.25) is 0 Å². The summed E-state index contributed by atoms with van der Waals surface area (Å²) < 4.78 is 20.6. The lowest BCUT2D eigenvalue weighted by Gasteiger charge is -2.15. The number of methoxy groups -OCH3 is 1. The van der Waals surface area contributed by atoms with Crippen molar-refractivity contribution in [2.24, 2.45) is 0 Å². The highest BCUT2D eigenvalue weighted by molar-refractivity contribution is 5.64. The highest BCUT2D eigenvalue weighted by Gasteiger charge is 2.18. The zero-order valence-corrected chi connectivity index (χ0v) is 11.8. The molecular weight excluding hydrogens is 261 g/mol. The molecule has 0 aliphatic rings. The first kappa shape index (κ1) is 14.4. The molecule has 20 heavy (non-hydrogen) atoms. The Balaban J connectivity index is 2.46. The molecular formula is C13H18FN5O. The van der Waals surface area contributed by atoms with Crippen molar-refractivity contribution in [3.05, 3.63) is 23.5 Å². The maximum absolute atomic E-state index is 13.8. The molecule has 1 aromatic heterocycles. The predicted molar refractivity (Wildman–Crippen MR) is 73.6 cm³/mol. The van der Waals surface area contributed by atoms with Crippen LogP contribution < -0.4 is 5.73 Å². The van der Waals surface area contributed by atoms with Crippen LogP contribution in [0.4, 0.5) is 10.1 Å². The first-order valence-corrected chi connectivity index (χ1v) is 6.41. The summed E-state index contributed by atoms with van der Waals surface area (Å²) in [5, 5.41) is 11.6. The molecule has 0 amide bonds. The van der Waals surface area contributed by atoms with Gasteiger partial charge in [-0.15, -0.1) is 5.10 Å². The third-order valence-electron chi connectivity index (χ3n) is 3.31. The molecule has 6 nitrogen and oxygen atoms in total. The minimum atomic E-state index is -0.366. The second-order valence-electron chi connectivity index (χ2n) is 4.64. The summed E-state index contributed by atoms with van der Waals surface area (Å²) in [4.78, 5) is 0. The average Bonchev–Trinajstić information content (AvgIpc) is 2.90. The van der Waals surface area contributed by atoms with Crippen molar-refractivity contribution in [1.82, 2.24) is 20.2 Å². The van der Waals surface area contributed by atoms with Crippen molar-refractivity contribution in [3.8, 4) is 11.4 Å². The minimum absolute atomic E-state index is 0.00408. The van der Waals surface area contributed by atoms with E-state index in [1.54, 1.807) is 24.8 Å². The number of rotatable bonds is 5. The Morgan fingerprint density at radius 3 is 2.80 bits per heavy atom. The Labute approximate surface area is 116 Å². The second kappa shape index (κ2) is 5.96. The number of hydrogen-bond acceptors (Lipinski definition) is 5. The van der Waals surface area contributed by atoms with Gasteiger partial charge in [-0.05, 0) is 35.9 Å². The lowest BCUT2D eigenvalue weighted by molar-refractivity contribution is 0.147. The molecule has 0 spiro atoms. The first-order valence-electron chi connectivity index (χ1n) is 6.41. The van der Waals surface area contributed by atoms with Gasteiger partial charge in [0.15, 0.2) is 5.82 Å². The van der Waals surface area contributed by atoms with Gasteiger partial charge >= 0.3 is 0 Å². The van der Waals surface area contributed by atoms with Gasteiger partial charge in [0, 0.05) is 23.9 Å². The normalized spacial score (nSPS) is 12.6. The molecule has 1 unspecified atom stereocenters. The van der Waals surface area contributed by atoms with E-state index in [0.29, 0.717) is 29.2 Å². The number of benzene rings is 1. The molecule has 2 aromatic rings. The van der Waals surface area contributed by atoms with Gasteiger partial charge in [-0.25, -0.2) is 9.07 Å². The first-order chi connectivity index (χ1) is 9.58. The lowest BCUT2D eigenvalue weighted by atomic mass is 10.1. The highest BCUT2D eigenvalue weighted by atomic mass is 19.1. The molecule has 0 radical (unpaired) electrons. The molecule has 2 rings (SSSR count). The second-order valence-corrected chi connectivity index (χ2v) is 4.64. The minimum Gasteiger partial charge on any atom is -0.398 e. The van der Waals surface area contributed by atoms with E-state index < -0.39 is 0 Å². The summed E-state index contributed by atoms with van der Waals surface area (Å²) in [5.41, 5.74) is 7.17. The van der Waals surface area contributed by atoms with Crippen LogP contribution in [0.15, 0.2) is 12.1 Å². The molecule has 0 saturated heterocycles. The topological polar surface area (TPSA) is 78.8 Å². The fourth-order valence-electron chi connectivity index (χ4n) is 2.01. The van der Waals surface area contributed by atoms with E-state index in [1.807, 2.05) is 6.92 Å². The smallest absolute Gasteiger partial charge is 0.182 e. The van der Waals surface area contributed by atoms with Gasteiger partial charge in [0.2, 0.25) is 0 Å². The van der Waals surface area contributed by atoms with Crippen molar-refractivity contribution in [2.75, 3.05) is 19.5 Å². The molecule has 0 fully saturated rings. The van der Waals surface area contributed by atoms with Crippen molar-refractivity contribution in [3.63, 3.8) is 0 Å². The van der Waals surface area contributed by atoms with Crippen molar-refractivity contribution < 1.29 is 9.13 Å². The van der Waals surface area contributed by atoms with Crippen LogP contribution in [-0.2, 0) is 4.74 Å². The van der Waals surface area contributed by atoms with E-state index in [1.165, 1.54) is 6.07 Å². The quantitative estimate of drug-likeness (QED) is 0.846. The molecule has 0 aliphatic carbocycles. The van der Waals surface area contributed by atoms with Crippen molar-refractivity contribution >= 4 is 5.69 Å². The fourth-order valence-corrected chi connectivity index (χ4v) is 2.01. The zero-order valence-electron chi connectivity index (χ0n) is 11.8. The van der Waals surface area contributed by atoms with Crippen molar-refractivity contribution in [1.29, 1.82) is 0 Å². The molecule has 1 atom stereocenters. The number of aromatic nitrogens is 4. The number of nitrogens with two attached hydrogens (primary N) is 1. The van der Waals surface area contributed by atoms with Gasteiger partial charge in [0.1, 0.15) is 5.82 Å². The van der Waals surface area contributed by atoms with Crippen LogP contribution in [0.3, 0.4) is 0 Å². The number of tetrazole rings is 1. The van der Waals surface area contributed by atoms with Gasteiger partial charge < -0.3 is 10.5 Å². The van der Waals surface area contributed by atoms with Gasteiger partial charge in [0.25, 0.3) is 0 Å². The van der Waals surface area contributed by atoms with Gasteiger partial charge in [0.05, 0.1) is 12.6 Å². The molecule has 1 aromatic carbocycles. The van der Waals surface area contributed by atoms with Gasteiger partial charge in [-0.2, -0.15) is 0 Å². The van der Waals surface area contributed by atoms with Crippen LogP contribution in [0.5, 0.6) is 0 Å². The number of anilines is 1. The summed E-state index contributed by atoms with van der Waals surface area (Å²) in [6, 6.07) is 3.07. The third-order valence-corrected chi connectivity index (χ3v) is 3.31. The summed E-state index contributed by atoms with van der Waals surface area (Å²) >= 11 is 0. The Hall–Kier alpha value is -2.02. The van der Waals surface area contributed by atoms with Crippen LogP contribution in [0.1, 0.15) is 24.9 Å². The largest absolute Gasteiger partial charge is 0.398 e.